The van der Waals surface area contributed by atoms with Gasteiger partial charge in [0.1, 0.15) is 17.4 Å². The van der Waals surface area contributed by atoms with Gasteiger partial charge in [0.15, 0.2) is 0 Å². The van der Waals surface area contributed by atoms with E-state index < -0.39 is 17.7 Å². The van der Waals surface area contributed by atoms with Crippen molar-refractivity contribution in [2.75, 3.05) is 19.0 Å². The Kier molecular flexibility index (Phi) is 5.30. The minimum atomic E-state index is -0.820. The molecule has 0 aliphatic heterocycles. The fourth-order valence-electron chi connectivity index (χ4n) is 1.98. The lowest BCUT2D eigenvalue weighted by Gasteiger charge is -2.10. The van der Waals surface area contributed by atoms with Crippen LogP contribution < -0.4 is 15.4 Å². The third-order valence-corrected chi connectivity index (χ3v) is 3.05. The van der Waals surface area contributed by atoms with Gasteiger partial charge in [-0.1, -0.05) is 18.2 Å². The van der Waals surface area contributed by atoms with Crippen molar-refractivity contribution in [3.63, 3.8) is 0 Å². The van der Waals surface area contributed by atoms with Crippen LogP contribution in [-0.2, 0) is 6.42 Å². The van der Waals surface area contributed by atoms with Gasteiger partial charge >= 0.3 is 6.03 Å². The van der Waals surface area contributed by atoms with E-state index in [9.17, 15) is 13.6 Å². The molecular formula is C16H16F2N2O2. The average molecular weight is 306 g/mol. The van der Waals surface area contributed by atoms with E-state index in [1.54, 1.807) is 7.11 Å². The summed E-state index contributed by atoms with van der Waals surface area (Å²) in [6.45, 7) is 0.356. The van der Waals surface area contributed by atoms with Gasteiger partial charge in [-0.15, -0.1) is 0 Å². The number of anilines is 1. The van der Waals surface area contributed by atoms with Crippen molar-refractivity contribution in [1.29, 1.82) is 0 Å². The van der Waals surface area contributed by atoms with Crippen LogP contribution in [0.5, 0.6) is 5.75 Å². The van der Waals surface area contributed by atoms with E-state index in [0.29, 0.717) is 19.0 Å². The summed E-state index contributed by atoms with van der Waals surface area (Å²) in [7, 11) is 1.58. The molecule has 0 saturated carbocycles. The minimum Gasteiger partial charge on any atom is -0.496 e. The van der Waals surface area contributed by atoms with Crippen molar-refractivity contribution in [3.05, 3.63) is 59.7 Å². The van der Waals surface area contributed by atoms with Crippen LogP contribution in [0.3, 0.4) is 0 Å². The minimum absolute atomic E-state index is 0.0730. The summed E-state index contributed by atoms with van der Waals surface area (Å²) in [4.78, 5) is 11.7. The smallest absolute Gasteiger partial charge is 0.319 e. The molecule has 0 unspecified atom stereocenters. The SMILES string of the molecule is COc1ccccc1CCNC(=O)Nc1ccc(F)cc1F. The second-order valence-corrected chi connectivity index (χ2v) is 4.57. The highest BCUT2D eigenvalue weighted by molar-refractivity contribution is 5.89. The van der Waals surface area contributed by atoms with Crippen LogP contribution in [0, 0.1) is 11.6 Å². The number of benzene rings is 2. The maximum absolute atomic E-state index is 13.4. The molecule has 0 aliphatic rings. The first-order valence-electron chi connectivity index (χ1n) is 6.72. The molecule has 4 nitrogen and oxygen atoms in total. The van der Waals surface area contributed by atoms with Crippen LogP contribution in [0.4, 0.5) is 19.3 Å². The van der Waals surface area contributed by atoms with Crippen LogP contribution in [0.15, 0.2) is 42.5 Å². The average Bonchev–Trinajstić information content (AvgIpc) is 2.50. The van der Waals surface area contributed by atoms with Crippen molar-refractivity contribution in [2.24, 2.45) is 0 Å². The molecule has 0 saturated heterocycles. The first-order chi connectivity index (χ1) is 10.6. The van der Waals surface area contributed by atoms with E-state index in [4.69, 9.17) is 4.74 Å². The molecule has 2 amide bonds. The number of rotatable bonds is 5. The molecule has 116 valence electrons. The largest absolute Gasteiger partial charge is 0.496 e. The Balaban J connectivity index is 1.85. The lowest BCUT2D eigenvalue weighted by Crippen LogP contribution is -2.30. The number of halogens is 2. The summed E-state index contributed by atoms with van der Waals surface area (Å²) in [5.74, 6) is -0.770. The van der Waals surface area contributed by atoms with Crippen LogP contribution >= 0.6 is 0 Å². The Labute approximate surface area is 127 Å². The number of nitrogens with one attached hydrogen (secondary N) is 2. The van der Waals surface area contributed by atoms with Gasteiger partial charge in [0.05, 0.1) is 12.8 Å². The van der Waals surface area contributed by atoms with E-state index in [1.165, 1.54) is 6.07 Å². The zero-order chi connectivity index (χ0) is 15.9. The van der Waals surface area contributed by atoms with Gasteiger partial charge in [0.25, 0.3) is 0 Å². The predicted molar refractivity (Wildman–Crippen MR) is 80.1 cm³/mol. The number of ether oxygens (including phenoxy) is 1. The zero-order valence-corrected chi connectivity index (χ0v) is 12.0. The maximum Gasteiger partial charge on any atom is 0.319 e. The van der Waals surface area contributed by atoms with E-state index in [0.717, 1.165) is 17.4 Å². The number of carbonyl (C=O) groups excluding carboxylic acids is 1. The predicted octanol–water partition coefficient (Wildman–Crippen LogP) is 3.34. The molecule has 6 heteroatoms. The number of para-hydroxylation sites is 1. The van der Waals surface area contributed by atoms with Gasteiger partial charge in [-0.25, -0.2) is 13.6 Å². The lowest BCUT2D eigenvalue weighted by molar-refractivity contribution is 0.252. The molecule has 22 heavy (non-hydrogen) atoms. The van der Waals surface area contributed by atoms with Gasteiger partial charge in [-0.05, 0) is 30.2 Å². The normalized spacial score (nSPS) is 10.1. The van der Waals surface area contributed by atoms with E-state index in [1.807, 2.05) is 24.3 Å². The molecule has 0 aliphatic carbocycles. The molecule has 2 aromatic carbocycles. The topological polar surface area (TPSA) is 50.4 Å². The van der Waals surface area contributed by atoms with Crippen molar-refractivity contribution in [3.8, 4) is 5.75 Å². The highest BCUT2D eigenvalue weighted by atomic mass is 19.1. The number of amides is 2. The highest BCUT2D eigenvalue weighted by Gasteiger charge is 2.08. The van der Waals surface area contributed by atoms with Crippen molar-refractivity contribution in [1.82, 2.24) is 5.32 Å². The lowest BCUT2D eigenvalue weighted by atomic mass is 10.1. The Morgan fingerprint density at radius 2 is 1.95 bits per heavy atom. The van der Waals surface area contributed by atoms with Crippen molar-refractivity contribution < 1.29 is 18.3 Å². The zero-order valence-electron chi connectivity index (χ0n) is 12.0. The fraction of sp³-hybridized carbons (Fsp3) is 0.188. The second-order valence-electron chi connectivity index (χ2n) is 4.57. The molecule has 0 bridgehead atoms. The standard InChI is InChI=1S/C16H16F2N2O2/c1-22-15-5-3-2-4-11(15)8-9-19-16(21)20-14-7-6-12(17)10-13(14)18/h2-7,10H,8-9H2,1H3,(H2,19,20,21). The molecule has 2 aromatic rings. The van der Waals surface area contributed by atoms with E-state index in [2.05, 4.69) is 10.6 Å². The second kappa shape index (κ2) is 7.40. The van der Waals surface area contributed by atoms with Crippen molar-refractivity contribution in [2.45, 2.75) is 6.42 Å². The first kappa shape index (κ1) is 15.8. The summed E-state index contributed by atoms with van der Waals surface area (Å²) in [5.41, 5.74) is 0.884. The fourth-order valence-corrected chi connectivity index (χ4v) is 1.98. The van der Waals surface area contributed by atoms with Crippen LogP contribution in [0.25, 0.3) is 0 Å². The molecule has 0 aromatic heterocycles. The van der Waals surface area contributed by atoms with E-state index in [-0.39, 0.29) is 5.69 Å². The molecule has 0 radical (unpaired) electrons. The van der Waals surface area contributed by atoms with Crippen LogP contribution in [0.1, 0.15) is 5.56 Å². The first-order valence-corrected chi connectivity index (χ1v) is 6.72. The molecule has 0 heterocycles. The summed E-state index contributed by atoms with van der Waals surface area (Å²) < 4.78 is 31.4. The third-order valence-electron chi connectivity index (χ3n) is 3.05. The molecule has 0 atom stereocenters. The Bertz CT molecular complexity index is 662. The van der Waals surface area contributed by atoms with Gasteiger partial charge < -0.3 is 15.4 Å². The molecular weight excluding hydrogens is 290 g/mol. The molecule has 2 rings (SSSR count). The van der Waals surface area contributed by atoms with Gasteiger partial charge in [0.2, 0.25) is 0 Å². The Morgan fingerprint density at radius 3 is 2.68 bits per heavy atom. The number of carbonyl (C=O) groups is 1. The monoisotopic (exact) mass is 306 g/mol. The molecule has 2 N–H and O–H groups in total. The van der Waals surface area contributed by atoms with Gasteiger partial charge in [0, 0.05) is 12.6 Å². The maximum atomic E-state index is 13.4. The number of hydrogen-bond acceptors (Lipinski definition) is 2. The van der Waals surface area contributed by atoms with Crippen molar-refractivity contribution >= 4 is 11.7 Å². The quantitative estimate of drug-likeness (QED) is 0.890. The summed E-state index contributed by atoms with van der Waals surface area (Å²) in [6.07, 6.45) is 0.573. The third kappa shape index (κ3) is 4.18. The Hall–Kier alpha value is -2.63. The molecule has 0 fully saturated rings. The Morgan fingerprint density at radius 1 is 1.18 bits per heavy atom. The highest BCUT2D eigenvalue weighted by Crippen LogP contribution is 2.17. The number of hydrogen-bond donors (Lipinski definition) is 2. The summed E-state index contributed by atoms with van der Waals surface area (Å²) >= 11 is 0. The van der Waals surface area contributed by atoms with Gasteiger partial charge in [-0.2, -0.15) is 0 Å². The number of methoxy groups -OCH3 is 1. The van der Waals surface area contributed by atoms with Gasteiger partial charge in [-0.3, -0.25) is 0 Å². The van der Waals surface area contributed by atoms with E-state index >= 15 is 0 Å². The van der Waals surface area contributed by atoms with Crippen LogP contribution in [-0.4, -0.2) is 19.7 Å². The summed E-state index contributed by atoms with van der Waals surface area (Å²) in [5, 5.41) is 4.94. The number of urea groups is 1. The summed E-state index contributed by atoms with van der Waals surface area (Å²) in [6, 6.07) is 9.88. The van der Waals surface area contributed by atoms with Crippen LogP contribution in [0.2, 0.25) is 0 Å². The molecule has 0 spiro atoms.